The molecule has 0 aromatic carbocycles. The number of carbonyl (C=O) groups is 3. The smallest absolute Gasteiger partial charge is 0.306 e. The molecule has 1 atom stereocenters. The summed E-state index contributed by atoms with van der Waals surface area (Å²) >= 11 is 0. The summed E-state index contributed by atoms with van der Waals surface area (Å²) in [5.74, 6) is -1.14. The molecule has 1 unspecified atom stereocenters. The number of hydrogen-bond donors (Lipinski definition) is 0. The first-order valence-corrected chi connectivity index (χ1v) is 9.98. The molecular weight excluding hydrogens is 336 g/mol. The second-order valence-electron chi connectivity index (χ2n) is 6.57. The molecule has 0 amide bonds. The number of unbranched alkanes of at least 4 members (excludes halogenated alkanes) is 7. The van der Waals surface area contributed by atoms with E-state index < -0.39 is 12.1 Å². The van der Waals surface area contributed by atoms with Gasteiger partial charge in [0.1, 0.15) is 13.2 Å². The van der Waals surface area contributed by atoms with Crippen LogP contribution in [0.1, 0.15) is 91.4 Å². The third kappa shape index (κ3) is 15.9. The minimum absolute atomic E-state index is 0.0847. The van der Waals surface area contributed by atoms with Crippen LogP contribution in [0.4, 0.5) is 0 Å². The topological polar surface area (TPSA) is 78.9 Å². The van der Waals surface area contributed by atoms with Crippen molar-refractivity contribution in [2.45, 2.75) is 97.5 Å². The van der Waals surface area contributed by atoms with Crippen LogP contribution in [0.2, 0.25) is 0 Å². The van der Waals surface area contributed by atoms with Crippen LogP contribution in [-0.4, -0.2) is 37.2 Å². The van der Waals surface area contributed by atoms with Gasteiger partial charge in [0.05, 0.1) is 0 Å². The molecule has 0 rings (SSSR count). The van der Waals surface area contributed by atoms with Crippen LogP contribution in [0.15, 0.2) is 0 Å². The summed E-state index contributed by atoms with van der Waals surface area (Å²) in [6.07, 6.45) is 9.40. The molecule has 0 aromatic rings. The Balaban J connectivity index is 4.07. The zero-order valence-corrected chi connectivity index (χ0v) is 16.7. The van der Waals surface area contributed by atoms with Crippen LogP contribution < -0.4 is 0 Å². The van der Waals surface area contributed by atoms with E-state index in [1.54, 1.807) is 0 Å². The molecule has 0 aliphatic heterocycles. The molecule has 0 aliphatic rings. The van der Waals surface area contributed by atoms with Gasteiger partial charge >= 0.3 is 17.9 Å². The molecule has 0 radical (unpaired) electrons. The monoisotopic (exact) mass is 372 g/mol. The summed E-state index contributed by atoms with van der Waals surface area (Å²) in [4.78, 5) is 34.5. The lowest BCUT2D eigenvalue weighted by molar-refractivity contribution is -0.166. The van der Waals surface area contributed by atoms with Gasteiger partial charge in [-0.2, -0.15) is 0 Å². The third-order valence-electron chi connectivity index (χ3n) is 3.92. The van der Waals surface area contributed by atoms with Crippen molar-refractivity contribution in [1.82, 2.24) is 0 Å². The highest BCUT2D eigenvalue weighted by Crippen LogP contribution is 2.10. The van der Waals surface area contributed by atoms with Crippen molar-refractivity contribution in [3.8, 4) is 0 Å². The van der Waals surface area contributed by atoms with E-state index in [0.717, 1.165) is 32.1 Å². The maximum atomic E-state index is 11.9. The van der Waals surface area contributed by atoms with Crippen LogP contribution in [0.3, 0.4) is 0 Å². The molecule has 152 valence electrons. The minimum atomic E-state index is -0.749. The molecule has 0 saturated heterocycles. The summed E-state index contributed by atoms with van der Waals surface area (Å²) in [7, 11) is 0. The van der Waals surface area contributed by atoms with Gasteiger partial charge in [-0.1, -0.05) is 58.8 Å². The molecule has 0 aromatic heterocycles. The van der Waals surface area contributed by atoms with E-state index in [0.29, 0.717) is 12.8 Å². The standard InChI is InChI=1S/C20H36O6/c1-4-6-8-9-10-11-12-14-20(23)26-18(15-24-17(3)21)16-25-19(22)13-7-5-2/h18H,4-16H2,1-3H3. The largest absolute Gasteiger partial charge is 0.462 e. The summed E-state index contributed by atoms with van der Waals surface area (Å²) in [5.41, 5.74) is 0. The lowest BCUT2D eigenvalue weighted by Gasteiger charge is -2.17. The normalized spacial score (nSPS) is 11.7. The van der Waals surface area contributed by atoms with Gasteiger partial charge < -0.3 is 14.2 Å². The number of carbonyl (C=O) groups excluding carboxylic acids is 3. The van der Waals surface area contributed by atoms with E-state index in [2.05, 4.69) is 6.92 Å². The molecule has 0 aliphatic carbocycles. The van der Waals surface area contributed by atoms with Crippen LogP contribution in [0.5, 0.6) is 0 Å². The highest BCUT2D eigenvalue weighted by Gasteiger charge is 2.18. The molecule has 6 heteroatoms. The summed E-state index contributed by atoms with van der Waals surface area (Å²) in [5, 5.41) is 0. The number of esters is 3. The molecule has 0 bridgehead atoms. The maximum absolute atomic E-state index is 11.9. The van der Waals surface area contributed by atoms with Crippen LogP contribution >= 0.6 is 0 Å². The van der Waals surface area contributed by atoms with E-state index >= 15 is 0 Å². The van der Waals surface area contributed by atoms with Gasteiger partial charge in [0, 0.05) is 19.8 Å². The van der Waals surface area contributed by atoms with Gasteiger partial charge in [0.25, 0.3) is 0 Å². The summed E-state index contributed by atoms with van der Waals surface area (Å²) in [6, 6.07) is 0. The first-order valence-electron chi connectivity index (χ1n) is 9.98. The van der Waals surface area contributed by atoms with E-state index in [9.17, 15) is 14.4 Å². The average molecular weight is 373 g/mol. The van der Waals surface area contributed by atoms with Crippen molar-refractivity contribution in [2.75, 3.05) is 13.2 Å². The van der Waals surface area contributed by atoms with Gasteiger partial charge in [0.2, 0.25) is 0 Å². The van der Waals surface area contributed by atoms with E-state index in [1.807, 2.05) is 6.92 Å². The average Bonchev–Trinajstić information content (AvgIpc) is 2.61. The molecule has 0 saturated carbocycles. The first kappa shape index (κ1) is 24.4. The van der Waals surface area contributed by atoms with Crippen LogP contribution in [-0.2, 0) is 28.6 Å². The fourth-order valence-electron chi connectivity index (χ4n) is 2.38. The van der Waals surface area contributed by atoms with Crippen molar-refractivity contribution in [3.05, 3.63) is 0 Å². The van der Waals surface area contributed by atoms with Gasteiger partial charge in [-0.05, 0) is 12.8 Å². The highest BCUT2D eigenvalue weighted by molar-refractivity contribution is 5.70. The predicted molar refractivity (Wildman–Crippen MR) is 99.6 cm³/mol. The third-order valence-corrected chi connectivity index (χ3v) is 3.92. The number of rotatable bonds is 16. The highest BCUT2D eigenvalue weighted by atomic mass is 16.6. The second kappa shape index (κ2) is 16.9. The second-order valence-corrected chi connectivity index (χ2v) is 6.57. The SMILES string of the molecule is CCCCCCCCCC(=O)OC(COC(C)=O)COC(=O)CCCC. The summed E-state index contributed by atoms with van der Waals surface area (Å²) in [6.45, 7) is 5.27. The quantitative estimate of drug-likeness (QED) is 0.228. The van der Waals surface area contributed by atoms with E-state index in [1.165, 1.54) is 32.6 Å². The Morgan fingerprint density at radius 2 is 1.23 bits per heavy atom. The predicted octanol–water partition coefficient (Wildman–Crippen LogP) is 4.34. The lowest BCUT2D eigenvalue weighted by atomic mass is 10.1. The molecule has 0 fully saturated rings. The zero-order chi connectivity index (χ0) is 19.6. The Kier molecular flexibility index (Phi) is 15.8. The van der Waals surface area contributed by atoms with E-state index in [-0.39, 0.29) is 25.2 Å². The van der Waals surface area contributed by atoms with Crippen LogP contribution in [0.25, 0.3) is 0 Å². The summed E-state index contributed by atoms with van der Waals surface area (Å²) < 4.78 is 15.3. The zero-order valence-electron chi connectivity index (χ0n) is 16.7. The van der Waals surface area contributed by atoms with Crippen molar-refractivity contribution in [3.63, 3.8) is 0 Å². The molecule has 0 N–H and O–H groups in total. The number of hydrogen-bond acceptors (Lipinski definition) is 6. The molecule has 6 nitrogen and oxygen atoms in total. The minimum Gasteiger partial charge on any atom is -0.462 e. The van der Waals surface area contributed by atoms with Crippen molar-refractivity contribution in [1.29, 1.82) is 0 Å². The molecule has 0 heterocycles. The fourth-order valence-corrected chi connectivity index (χ4v) is 2.38. The first-order chi connectivity index (χ1) is 12.5. The molecular formula is C20H36O6. The molecule has 0 spiro atoms. The van der Waals surface area contributed by atoms with Crippen molar-refractivity contribution < 1.29 is 28.6 Å². The Bertz CT molecular complexity index is 394. The van der Waals surface area contributed by atoms with Crippen molar-refractivity contribution in [2.24, 2.45) is 0 Å². The van der Waals surface area contributed by atoms with Gasteiger partial charge in [0.15, 0.2) is 6.10 Å². The maximum Gasteiger partial charge on any atom is 0.306 e. The molecule has 26 heavy (non-hydrogen) atoms. The van der Waals surface area contributed by atoms with Gasteiger partial charge in [-0.3, -0.25) is 14.4 Å². The van der Waals surface area contributed by atoms with Gasteiger partial charge in [-0.25, -0.2) is 0 Å². The Morgan fingerprint density at radius 1 is 0.692 bits per heavy atom. The fraction of sp³-hybridized carbons (Fsp3) is 0.850. The lowest BCUT2D eigenvalue weighted by Crippen LogP contribution is -2.30. The van der Waals surface area contributed by atoms with Crippen LogP contribution in [0, 0.1) is 0 Å². The Labute approximate surface area is 157 Å². The Morgan fingerprint density at radius 3 is 1.85 bits per heavy atom. The van der Waals surface area contributed by atoms with Gasteiger partial charge in [-0.15, -0.1) is 0 Å². The Hall–Kier alpha value is -1.59. The van der Waals surface area contributed by atoms with E-state index in [4.69, 9.17) is 14.2 Å². The van der Waals surface area contributed by atoms with Crippen molar-refractivity contribution >= 4 is 17.9 Å². The number of ether oxygens (including phenoxy) is 3.